The van der Waals surface area contributed by atoms with Crippen molar-refractivity contribution in [3.05, 3.63) is 52.5 Å². The fourth-order valence-electron chi connectivity index (χ4n) is 1.98. The highest BCUT2D eigenvalue weighted by molar-refractivity contribution is 9.10. The lowest BCUT2D eigenvalue weighted by Gasteiger charge is -2.19. The van der Waals surface area contributed by atoms with Crippen LogP contribution in [0.25, 0.3) is 11.0 Å². The van der Waals surface area contributed by atoms with Crippen molar-refractivity contribution >= 4 is 32.7 Å². The zero-order chi connectivity index (χ0) is 14.1. The van der Waals surface area contributed by atoms with Crippen LogP contribution in [-0.2, 0) is 0 Å². The van der Waals surface area contributed by atoms with Gasteiger partial charge in [-0.1, -0.05) is 12.1 Å². The third-order valence-electron chi connectivity index (χ3n) is 3.07. The number of benzene rings is 2. The van der Waals surface area contributed by atoms with E-state index < -0.39 is 0 Å². The molecule has 0 radical (unpaired) electrons. The summed E-state index contributed by atoms with van der Waals surface area (Å²) in [5.41, 5.74) is 3.28. The van der Waals surface area contributed by atoms with Gasteiger partial charge in [-0.05, 0) is 51.5 Å². The Hall–Kier alpha value is -2.39. The minimum Gasteiger partial charge on any atom is -0.267 e. The molecule has 5 nitrogen and oxygen atoms in total. The van der Waals surface area contributed by atoms with Gasteiger partial charge in [-0.15, -0.1) is 5.10 Å². The number of halogens is 1. The monoisotopic (exact) mass is 327 g/mol. The summed E-state index contributed by atoms with van der Waals surface area (Å²) in [5.74, 6) is 0. The number of rotatable bonds is 2. The van der Waals surface area contributed by atoms with Crippen LogP contribution in [0.15, 0.2) is 46.9 Å². The zero-order valence-corrected chi connectivity index (χ0v) is 12.2. The van der Waals surface area contributed by atoms with Crippen LogP contribution in [0.2, 0.25) is 0 Å². The largest absolute Gasteiger partial charge is 0.267 e. The predicted octanol–water partition coefficient (Wildman–Crippen LogP) is 2.96. The molecule has 0 aliphatic rings. The smallest absolute Gasteiger partial charge is 0.115 e. The lowest BCUT2D eigenvalue weighted by Crippen LogP contribution is -2.25. The normalized spacial score (nSPS) is 10.4. The molecule has 2 aromatic carbocycles. The van der Waals surface area contributed by atoms with Crippen LogP contribution in [0.3, 0.4) is 0 Å². The van der Waals surface area contributed by atoms with Gasteiger partial charge in [0.2, 0.25) is 0 Å². The Balaban J connectivity index is 2.06. The fraction of sp³-hybridized carbons (Fsp3) is 0.0714. The first-order valence-electron chi connectivity index (χ1n) is 5.95. The SMILES string of the molecule is CN(c1ccc(C#N)c(Br)c1)n1nnc2ccccc21. The van der Waals surface area contributed by atoms with E-state index in [0.717, 1.165) is 21.2 Å². The van der Waals surface area contributed by atoms with Crippen molar-refractivity contribution in [1.82, 2.24) is 15.1 Å². The van der Waals surface area contributed by atoms with Crippen molar-refractivity contribution in [3.8, 4) is 6.07 Å². The summed E-state index contributed by atoms with van der Waals surface area (Å²) in [7, 11) is 1.90. The first kappa shape index (κ1) is 12.6. The van der Waals surface area contributed by atoms with Crippen LogP contribution in [0.5, 0.6) is 0 Å². The Bertz CT molecular complexity index is 818. The highest BCUT2D eigenvalue weighted by atomic mass is 79.9. The van der Waals surface area contributed by atoms with Crippen molar-refractivity contribution < 1.29 is 0 Å². The van der Waals surface area contributed by atoms with Gasteiger partial charge in [-0.25, -0.2) is 0 Å². The number of hydrogen-bond acceptors (Lipinski definition) is 4. The maximum atomic E-state index is 8.95. The number of anilines is 1. The molecular weight excluding hydrogens is 318 g/mol. The van der Waals surface area contributed by atoms with E-state index in [0.29, 0.717) is 5.56 Å². The van der Waals surface area contributed by atoms with Gasteiger partial charge in [0.1, 0.15) is 17.1 Å². The van der Waals surface area contributed by atoms with Crippen LogP contribution >= 0.6 is 15.9 Å². The number of nitrogens with zero attached hydrogens (tertiary/aromatic N) is 5. The molecule has 0 N–H and O–H groups in total. The van der Waals surface area contributed by atoms with E-state index in [-0.39, 0.29) is 0 Å². The molecule has 0 atom stereocenters. The molecular formula is C14H10BrN5. The van der Waals surface area contributed by atoms with Crippen LogP contribution in [0.1, 0.15) is 5.56 Å². The van der Waals surface area contributed by atoms with Gasteiger partial charge in [0, 0.05) is 11.5 Å². The van der Waals surface area contributed by atoms with Crippen molar-refractivity contribution in [1.29, 1.82) is 5.26 Å². The molecule has 6 heteroatoms. The van der Waals surface area contributed by atoms with Crippen LogP contribution in [-0.4, -0.2) is 22.2 Å². The lowest BCUT2D eigenvalue weighted by atomic mass is 10.2. The highest BCUT2D eigenvalue weighted by Gasteiger charge is 2.10. The third-order valence-corrected chi connectivity index (χ3v) is 3.72. The predicted molar refractivity (Wildman–Crippen MR) is 80.2 cm³/mol. The Labute approximate surface area is 124 Å². The highest BCUT2D eigenvalue weighted by Crippen LogP contribution is 2.24. The Morgan fingerprint density at radius 2 is 2.05 bits per heavy atom. The number of para-hydroxylation sites is 1. The average Bonchev–Trinajstić information content (AvgIpc) is 2.90. The third kappa shape index (κ3) is 2.02. The van der Waals surface area contributed by atoms with Gasteiger partial charge >= 0.3 is 0 Å². The second-order valence-corrected chi connectivity index (χ2v) is 5.12. The van der Waals surface area contributed by atoms with Gasteiger partial charge in [-0.3, -0.25) is 5.01 Å². The van der Waals surface area contributed by atoms with E-state index in [1.165, 1.54) is 0 Å². The van der Waals surface area contributed by atoms with Gasteiger partial charge in [0.25, 0.3) is 0 Å². The molecule has 3 aromatic rings. The number of fused-ring (bicyclic) bond motifs is 1. The number of hydrogen-bond donors (Lipinski definition) is 0. The Morgan fingerprint density at radius 3 is 2.80 bits per heavy atom. The molecule has 1 aromatic heterocycles. The molecule has 0 unspecified atom stereocenters. The topological polar surface area (TPSA) is 57.7 Å². The molecule has 0 saturated heterocycles. The van der Waals surface area contributed by atoms with E-state index in [4.69, 9.17) is 5.26 Å². The van der Waals surface area contributed by atoms with E-state index in [1.807, 2.05) is 48.5 Å². The van der Waals surface area contributed by atoms with E-state index in [1.54, 1.807) is 10.9 Å². The first-order chi connectivity index (χ1) is 9.70. The summed E-state index contributed by atoms with van der Waals surface area (Å²) >= 11 is 3.39. The second kappa shape index (κ2) is 4.94. The summed E-state index contributed by atoms with van der Waals surface area (Å²) in [5, 5.41) is 19.1. The molecule has 98 valence electrons. The molecule has 0 aliphatic carbocycles. The summed E-state index contributed by atoms with van der Waals surface area (Å²) < 4.78 is 0.758. The van der Waals surface area contributed by atoms with Gasteiger partial charge in [0.15, 0.2) is 0 Å². The molecule has 0 aliphatic heterocycles. The van der Waals surface area contributed by atoms with E-state index >= 15 is 0 Å². The fourth-order valence-corrected chi connectivity index (χ4v) is 2.44. The van der Waals surface area contributed by atoms with Crippen LogP contribution < -0.4 is 5.01 Å². The van der Waals surface area contributed by atoms with Crippen molar-refractivity contribution in [2.45, 2.75) is 0 Å². The number of aromatic nitrogens is 3. The van der Waals surface area contributed by atoms with Gasteiger partial charge in [0.05, 0.1) is 11.3 Å². The lowest BCUT2D eigenvalue weighted by molar-refractivity contribution is 0.656. The first-order valence-corrected chi connectivity index (χ1v) is 6.74. The number of nitriles is 1. The summed E-state index contributed by atoms with van der Waals surface area (Å²) in [4.78, 5) is 1.73. The Kier molecular flexibility index (Phi) is 3.12. The average molecular weight is 328 g/mol. The molecule has 0 spiro atoms. The zero-order valence-electron chi connectivity index (χ0n) is 10.7. The van der Waals surface area contributed by atoms with Crippen LogP contribution in [0, 0.1) is 11.3 Å². The molecule has 0 fully saturated rings. The molecule has 0 bridgehead atoms. The minimum absolute atomic E-state index is 0.602. The maximum Gasteiger partial charge on any atom is 0.115 e. The van der Waals surface area contributed by atoms with Crippen molar-refractivity contribution in [2.75, 3.05) is 12.1 Å². The van der Waals surface area contributed by atoms with Crippen molar-refractivity contribution in [3.63, 3.8) is 0 Å². The Morgan fingerprint density at radius 1 is 1.25 bits per heavy atom. The standard InChI is InChI=1S/C14H10BrN5/c1-19(11-7-6-10(9-16)12(15)8-11)20-14-5-3-2-4-13(14)17-18-20/h2-8H,1H3. The van der Waals surface area contributed by atoms with Gasteiger partial charge in [-0.2, -0.15) is 10.1 Å². The quantitative estimate of drug-likeness (QED) is 0.726. The molecule has 1 heterocycles. The summed E-state index contributed by atoms with van der Waals surface area (Å²) in [6.45, 7) is 0. The van der Waals surface area contributed by atoms with E-state index in [2.05, 4.69) is 32.3 Å². The molecule has 0 amide bonds. The molecule has 3 rings (SSSR count). The summed E-state index contributed by atoms with van der Waals surface area (Å²) in [6, 6.07) is 15.4. The second-order valence-electron chi connectivity index (χ2n) is 4.27. The maximum absolute atomic E-state index is 8.95. The van der Waals surface area contributed by atoms with Crippen LogP contribution in [0.4, 0.5) is 5.69 Å². The van der Waals surface area contributed by atoms with Crippen molar-refractivity contribution in [2.24, 2.45) is 0 Å². The van der Waals surface area contributed by atoms with E-state index in [9.17, 15) is 0 Å². The van der Waals surface area contributed by atoms with Gasteiger partial charge < -0.3 is 0 Å². The molecule has 0 saturated carbocycles. The minimum atomic E-state index is 0.602. The summed E-state index contributed by atoms with van der Waals surface area (Å²) in [6.07, 6.45) is 0. The molecule has 20 heavy (non-hydrogen) atoms.